The van der Waals surface area contributed by atoms with Crippen molar-refractivity contribution in [3.05, 3.63) is 116 Å². The summed E-state index contributed by atoms with van der Waals surface area (Å²) in [5, 5.41) is 5.28. The first-order valence-electron chi connectivity index (χ1n) is 13.4. The van der Waals surface area contributed by atoms with E-state index in [0.717, 1.165) is 32.5 Å². The van der Waals surface area contributed by atoms with Crippen molar-refractivity contribution in [3.63, 3.8) is 0 Å². The third-order valence-electron chi connectivity index (χ3n) is 7.58. The van der Waals surface area contributed by atoms with Crippen LogP contribution in [0.1, 0.15) is 16.4 Å². The van der Waals surface area contributed by atoms with Crippen LogP contribution in [0, 0.1) is 5.92 Å². The molecule has 43 heavy (non-hydrogen) atoms. The van der Waals surface area contributed by atoms with E-state index in [9.17, 15) is 19.2 Å². The van der Waals surface area contributed by atoms with Crippen molar-refractivity contribution in [2.75, 3.05) is 16.8 Å². The molecular formula is C32H22ClN3O5S2. The fourth-order valence-corrected chi connectivity index (χ4v) is 8.30. The van der Waals surface area contributed by atoms with Gasteiger partial charge in [-0.1, -0.05) is 83.2 Å². The highest BCUT2D eigenvalue weighted by Crippen LogP contribution is 2.53. The van der Waals surface area contributed by atoms with Gasteiger partial charge in [0.05, 0.1) is 16.6 Å². The molecule has 2 N–H and O–H groups in total. The predicted octanol–water partition coefficient (Wildman–Crippen LogP) is 6.06. The molecule has 8 nitrogen and oxygen atoms in total. The molecule has 5 aromatic rings. The van der Waals surface area contributed by atoms with Crippen LogP contribution in [0.15, 0.2) is 101 Å². The van der Waals surface area contributed by atoms with Gasteiger partial charge < -0.3 is 15.0 Å². The summed E-state index contributed by atoms with van der Waals surface area (Å²) in [5.74, 6) is -1.70. The van der Waals surface area contributed by atoms with Crippen molar-refractivity contribution in [2.45, 2.75) is 16.2 Å². The standard InChI is InChI=1S/C32H22ClN3O5S2/c33-19-10-12-20(13-11-19)36-30(38)26-25(27-29(35-32(40)43-27)42-28(26)31(36)39)18-8-14-21(15-9-18)41-16-24(37)34-23-7-3-5-17-4-1-2-6-22(17)23/h1-15,25-26,28H,16H2,(H,34,37)(H,35,40)/t25-,26-,28+/m0/s1. The maximum atomic E-state index is 13.8. The van der Waals surface area contributed by atoms with Crippen molar-refractivity contribution in [1.82, 2.24) is 4.98 Å². The molecule has 3 amide bonds. The Morgan fingerprint density at radius 1 is 0.907 bits per heavy atom. The first-order chi connectivity index (χ1) is 20.9. The molecule has 7 rings (SSSR count). The summed E-state index contributed by atoms with van der Waals surface area (Å²) >= 11 is 8.30. The summed E-state index contributed by atoms with van der Waals surface area (Å²) in [4.78, 5) is 56.9. The monoisotopic (exact) mass is 627 g/mol. The van der Waals surface area contributed by atoms with Crippen LogP contribution in [0.4, 0.5) is 11.4 Å². The molecule has 0 spiro atoms. The normalized spacial score (nSPS) is 19.3. The molecule has 0 radical (unpaired) electrons. The number of aromatic nitrogens is 1. The van der Waals surface area contributed by atoms with Gasteiger partial charge in [-0.25, -0.2) is 4.90 Å². The van der Waals surface area contributed by atoms with E-state index in [0.29, 0.717) is 27.2 Å². The Bertz CT molecular complexity index is 1950. The molecule has 0 saturated carbocycles. The van der Waals surface area contributed by atoms with Gasteiger partial charge in [-0.05, 0) is 53.4 Å². The van der Waals surface area contributed by atoms with E-state index in [-0.39, 0.29) is 29.2 Å². The number of halogens is 1. The summed E-state index contributed by atoms with van der Waals surface area (Å²) < 4.78 is 5.77. The second-order valence-electron chi connectivity index (χ2n) is 10.2. The molecule has 3 heterocycles. The topological polar surface area (TPSA) is 109 Å². The van der Waals surface area contributed by atoms with Gasteiger partial charge in [0, 0.05) is 26.9 Å². The minimum Gasteiger partial charge on any atom is -0.484 e. The van der Waals surface area contributed by atoms with Gasteiger partial charge in [-0.15, -0.1) is 0 Å². The van der Waals surface area contributed by atoms with Crippen molar-refractivity contribution in [1.29, 1.82) is 0 Å². The quantitative estimate of drug-likeness (QED) is 0.222. The number of thiazole rings is 1. The fourth-order valence-electron chi connectivity index (χ4n) is 5.66. The third kappa shape index (κ3) is 5.01. The van der Waals surface area contributed by atoms with Crippen LogP contribution in [0.25, 0.3) is 10.8 Å². The lowest BCUT2D eigenvalue weighted by Crippen LogP contribution is -2.32. The Labute approximate surface area is 258 Å². The molecule has 2 aliphatic rings. The molecule has 1 saturated heterocycles. The van der Waals surface area contributed by atoms with Crippen molar-refractivity contribution < 1.29 is 19.1 Å². The Morgan fingerprint density at radius 3 is 2.44 bits per heavy atom. The molecule has 11 heteroatoms. The number of hydrogen-bond acceptors (Lipinski definition) is 7. The lowest BCUT2D eigenvalue weighted by atomic mass is 9.83. The van der Waals surface area contributed by atoms with E-state index in [1.807, 2.05) is 54.6 Å². The van der Waals surface area contributed by atoms with Gasteiger partial charge in [-0.3, -0.25) is 19.2 Å². The van der Waals surface area contributed by atoms with E-state index < -0.39 is 17.1 Å². The Kier molecular flexibility index (Phi) is 7.04. The highest BCUT2D eigenvalue weighted by molar-refractivity contribution is 8.00. The Balaban J connectivity index is 1.12. The second-order valence-corrected chi connectivity index (χ2v) is 12.8. The lowest BCUT2D eigenvalue weighted by Gasteiger charge is -2.29. The van der Waals surface area contributed by atoms with Crippen LogP contribution in [0.2, 0.25) is 5.02 Å². The number of rotatable bonds is 6. The van der Waals surface area contributed by atoms with Gasteiger partial charge in [0.15, 0.2) is 6.61 Å². The van der Waals surface area contributed by atoms with Gasteiger partial charge in [0.1, 0.15) is 11.0 Å². The lowest BCUT2D eigenvalue weighted by molar-refractivity contribution is -0.122. The van der Waals surface area contributed by atoms with E-state index in [2.05, 4.69) is 10.3 Å². The summed E-state index contributed by atoms with van der Waals surface area (Å²) in [6.45, 7) is -0.194. The first-order valence-corrected chi connectivity index (χ1v) is 15.5. The number of nitrogens with zero attached hydrogens (tertiary/aromatic N) is 1. The zero-order chi connectivity index (χ0) is 29.7. The number of imide groups is 1. The van der Waals surface area contributed by atoms with Crippen molar-refractivity contribution >= 4 is 74.6 Å². The van der Waals surface area contributed by atoms with E-state index in [1.54, 1.807) is 36.4 Å². The highest BCUT2D eigenvalue weighted by atomic mass is 35.5. The molecule has 0 aliphatic carbocycles. The number of ether oxygens (including phenoxy) is 1. The molecule has 1 aromatic heterocycles. The van der Waals surface area contributed by atoms with Gasteiger partial charge in [0.2, 0.25) is 11.8 Å². The molecule has 0 unspecified atom stereocenters. The average Bonchev–Trinajstić information content (AvgIpc) is 3.51. The molecule has 214 valence electrons. The molecule has 4 aromatic carbocycles. The molecule has 1 fully saturated rings. The number of carbonyl (C=O) groups excluding carboxylic acids is 3. The number of hydrogen-bond donors (Lipinski definition) is 2. The zero-order valence-corrected chi connectivity index (χ0v) is 24.7. The predicted molar refractivity (Wildman–Crippen MR) is 168 cm³/mol. The number of nitrogens with one attached hydrogen (secondary N) is 2. The van der Waals surface area contributed by atoms with Crippen LogP contribution >= 0.6 is 34.7 Å². The van der Waals surface area contributed by atoms with Gasteiger partial charge >= 0.3 is 4.87 Å². The Hall–Kier alpha value is -4.38. The minimum atomic E-state index is -0.703. The largest absolute Gasteiger partial charge is 0.484 e. The summed E-state index contributed by atoms with van der Waals surface area (Å²) in [5.41, 5.74) is 1.92. The molecule has 0 bridgehead atoms. The Morgan fingerprint density at radius 2 is 1.65 bits per heavy atom. The van der Waals surface area contributed by atoms with Crippen LogP contribution in [0.5, 0.6) is 5.75 Å². The third-order valence-corrected chi connectivity index (χ3v) is 10.2. The van der Waals surface area contributed by atoms with Crippen molar-refractivity contribution in [3.8, 4) is 5.75 Å². The van der Waals surface area contributed by atoms with Crippen LogP contribution in [-0.2, 0) is 14.4 Å². The highest BCUT2D eigenvalue weighted by Gasteiger charge is 2.56. The van der Waals surface area contributed by atoms with Crippen LogP contribution < -0.4 is 19.8 Å². The number of amides is 3. The smallest absolute Gasteiger partial charge is 0.305 e. The molecule has 3 atom stereocenters. The SMILES string of the molecule is O=C(COc1ccc([C@@H]2c3sc(=O)[nH]c3S[C@H]3C(=O)N(c4ccc(Cl)cc4)C(=O)[C@@H]23)cc1)Nc1cccc2ccccc12. The van der Waals surface area contributed by atoms with Crippen LogP contribution in [0.3, 0.4) is 0 Å². The van der Waals surface area contributed by atoms with E-state index in [1.165, 1.54) is 16.7 Å². The second kappa shape index (κ2) is 11.0. The number of thioether (sulfide) groups is 1. The summed E-state index contributed by atoms with van der Waals surface area (Å²) in [6.07, 6.45) is 0. The van der Waals surface area contributed by atoms with E-state index in [4.69, 9.17) is 16.3 Å². The molecule has 2 aliphatic heterocycles. The van der Waals surface area contributed by atoms with Gasteiger partial charge in [-0.2, -0.15) is 0 Å². The number of anilines is 2. The summed E-state index contributed by atoms with van der Waals surface area (Å²) in [7, 11) is 0. The number of benzene rings is 4. The molecular weight excluding hydrogens is 606 g/mol. The number of fused-ring (bicyclic) bond motifs is 3. The number of aromatic amines is 1. The number of carbonyl (C=O) groups is 3. The average molecular weight is 628 g/mol. The van der Waals surface area contributed by atoms with Gasteiger partial charge in [0.25, 0.3) is 5.91 Å². The van der Waals surface area contributed by atoms with E-state index >= 15 is 0 Å². The minimum absolute atomic E-state index is 0.194. The first kappa shape index (κ1) is 27.5. The van der Waals surface area contributed by atoms with Crippen molar-refractivity contribution in [2.24, 2.45) is 5.92 Å². The maximum Gasteiger partial charge on any atom is 0.305 e. The maximum absolute atomic E-state index is 13.8. The summed E-state index contributed by atoms with van der Waals surface area (Å²) in [6, 6.07) is 27.2. The zero-order valence-electron chi connectivity index (χ0n) is 22.3. The van der Waals surface area contributed by atoms with Crippen LogP contribution in [-0.4, -0.2) is 34.6 Å². The fraction of sp³-hybridized carbons (Fsp3) is 0.125. The number of H-pyrrole nitrogens is 1.